The van der Waals surface area contributed by atoms with Crippen LogP contribution in [-0.2, 0) is 17.9 Å². The van der Waals surface area contributed by atoms with E-state index in [1.807, 2.05) is 32.4 Å². The maximum atomic E-state index is 13.4. The minimum atomic E-state index is -0.727. The van der Waals surface area contributed by atoms with Crippen molar-refractivity contribution < 1.29 is 9.59 Å². The predicted octanol–water partition coefficient (Wildman–Crippen LogP) is 2.80. The molecular weight excluding hydrogens is 428 g/mol. The van der Waals surface area contributed by atoms with Crippen LogP contribution in [0.5, 0.6) is 0 Å². The van der Waals surface area contributed by atoms with Crippen LogP contribution in [0.2, 0.25) is 5.02 Å². The lowest BCUT2D eigenvalue weighted by atomic mass is 9.86. The second-order valence-electron chi connectivity index (χ2n) is 9.17. The maximum Gasteiger partial charge on any atom is 0.272 e. The van der Waals surface area contributed by atoms with E-state index in [1.54, 1.807) is 25.2 Å². The molecule has 2 heterocycles. The summed E-state index contributed by atoms with van der Waals surface area (Å²) < 4.78 is 2.01. The summed E-state index contributed by atoms with van der Waals surface area (Å²) in [4.78, 5) is 32.7. The van der Waals surface area contributed by atoms with Crippen LogP contribution in [0.25, 0.3) is 11.4 Å². The van der Waals surface area contributed by atoms with Crippen LogP contribution in [0, 0.1) is 16.7 Å². The number of carbonyl (C=O) groups excluding carboxylic acids is 2. The fourth-order valence-electron chi connectivity index (χ4n) is 3.89. The van der Waals surface area contributed by atoms with Gasteiger partial charge in [0.25, 0.3) is 5.91 Å². The molecule has 2 aromatic rings. The summed E-state index contributed by atoms with van der Waals surface area (Å²) in [6.45, 7) is 7.76. The zero-order valence-electron chi connectivity index (χ0n) is 19.1. The molecule has 0 bridgehead atoms. The molecule has 1 aliphatic rings. The van der Waals surface area contributed by atoms with Crippen molar-refractivity contribution in [1.82, 2.24) is 25.1 Å². The lowest BCUT2D eigenvalue weighted by Gasteiger charge is -2.29. The molecule has 0 saturated heterocycles. The Kier molecular flexibility index (Phi) is 6.91. The molecule has 1 aliphatic heterocycles. The highest BCUT2D eigenvalue weighted by atomic mass is 35.5. The molecule has 1 aromatic heterocycles. The molecule has 9 heteroatoms. The molecule has 1 aromatic carbocycles. The smallest absolute Gasteiger partial charge is 0.272 e. The number of hydrogen-bond donors (Lipinski definition) is 2. The van der Waals surface area contributed by atoms with Gasteiger partial charge in [0.2, 0.25) is 5.91 Å². The molecule has 0 spiro atoms. The van der Waals surface area contributed by atoms with Gasteiger partial charge in [-0.2, -0.15) is 5.26 Å². The number of fused-ring (bicyclic) bond motifs is 1. The molecule has 8 nitrogen and oxygen atoms in total. The first-order valence-electron chi connectivity index (χ1n) is 10.6. The van der Waals surface area contributed by atoms with E-state index in [1.165, 1.54) is 0 Å². The van der Waals surface area contributed by atoms with Gasteiger partial charge in [0, 0.05) is 25.7 Å². The maximum absolute atomic E-state index is 13.4. The molecule has 0 fully saturated rings. The SMILES string of the molecule is CNC(=O)C(NC(=O)c1nc(-c2cc(C#N)ccc2Cl)n2c1CN(C)CCC2)C(C)(C)C. The highest BCUT2D eigenvalue weighted by Gasteiger charge is 2.34. The molecule has 32 heavy (non-hydrogen) atoms. The summed E-state index contributed by atoms with van der Waals surface area (Å²) in [6, 6.07) is 6.41. The molecule has 170 valence electrons. The van der Waals surface area contributed by atoms with E-state index in [2.05, 4.69) is 21.6 Å². The largest absolute Gasteiger partial charge is 0.357 e. The average molecular weight is 457 g/mol. The van der Waals surface area contributed by atoms with Crippen LogP contribution in [0.3, 0.4) is 0 Å². The molecule has 0 saturated carbocycles. The van der Waals surface area contributed by atoms with Gasteiger partial charge in [-0.15, -0.1) is 0 Å². The quantitative estimate of drug-likeness (QED) is 0.736. The van der Waals surface area contributed by atoms with Gasteiger partial charge in [-0.3, -0.25) is 9.59 Å². The summed E-state index contributed by atoms with van der Waals surface area (Å²) >= 11 is 6.47. The highest BCUT2D eigenvalue weighted by molar-refractivity contribution is 6.33. The summed E-state index contributed by atoms with van der Waals surface area (Å²) in [6.07, 6.45) is 0.881. The number of likely N-dealkylation sites (N-methyl/N-ethyl adjacent to an activating group) is 1. The molecule has 0 radical (unpaired) electrons. The third-order valence-corrected chi connectivity index (χ3v) is 5.94. The lowest BCUT2D eigenvalue weighted by Crippen LogP contribution is -2.53. The number of aromatic nitrogens is 2. The van der Waals surface area contributed by atoms with Gasteiger partial charge in [-0.05, 0) is 43.6 Å². The summed E-state index contributed by atoms with van der Waals surface area (Å²) in [5, 5.41) is 15.3. The average Bonchev–Trinajstić information content (AvgIpc) is 2.97. The van der Waals surface area contributed by atoms with Crippen molar-refractivity contribution in [2.24, 2.45) is 5.41 Å². The normalized spacial score (nSPS) is 15.3. The van der Waals surface area contributed by atoms with E-state index in [0.29, 0.717) is 35.1 Å². The highest BCUT2D eigenvalue weighted by Crippen LogP contribution is 2.32. The Morgan fingerprint density at radius 2 is 2.00 bits per heavy atom. The van der Waals surface area contributed by atoms with Crippen LogP contribution in [-0.4, -0.2) is 52.9 Å². The van der Waals surface area contributed by atoms with Gasteiger partial charge >= 0.3 is 0 Å². The van der Waals surface area contributed by atoms with Crippen molar-refractivity contribution >= 4 is 23.4 Å². The third kappa shape index (κ3) is 4.79. The number of amides is 2. The molecular formula is C23H29ClN6O2. The number of carbonyl (C=O) groups is 2. The Balaban J connectivity index is 2.12. The van der Waals surface area contributed by atoms with Gasteiger partial charge < -0.3 is 20.1 Å². The van der Waals surface area contributed by atoms with Gasteiger partial charge in [0.15, 0.2) is 5.69 Å². The molecule has 1 unspecified atom stereocenters. The molecule has 0 aliphatic carbocycles. The van der Waals surface area contributed by atoms with Crippen molar-refractivity contribution in [1.29, 1.82) is 5.26 Å². The van der Waals surface area contributed by atoms with Gasteiger partial charge in [0.1, 0.15) is 11.9 Å². The fourth-order valence-corrected chi connectivity index (χ4v) is 4.10. The first kappa shape index (κ1) is 23.8. The van der Waals surface area contributed by atoms with Crippen LogP contribution in [0.15, 0.2) is 18.2 Å². The van der Waals surface area contributed by atoms with Crippen molar-refractivity contribution in [3.63, 3.8) is 0 Å². The first-order valence-corrected chi connectivity index (χ1v) is 10.9. The Bertz CT molecular complexity index is 1080. The van der Waals surface area contributed by atoms with Crippen molar-refractivity contribution in [2.45, 2.75) is 46.3 Å². The Labute approximate surface area is 193 Å². The second kappa shape index (κ2) is 9.31. The third-order valence-electron chi connectivity index (χ3n) is 5.62. The minimum absolute atomic E-state index is 0.266. The number of rotatable bonds is 4. The molecule has 2 amide bonds. The van der Waals surface area contributed by atoms with E-state index in [9.17, 15) is 14.9 Å². The van der Waals surface area contributed by atoms with Gasteiger partial charge in [0.05, 0.1) is 22.3 Å². The Morgan fingerprint density at radius 3 is 2.62 bits per heavy atom. The van der Waals surface area contributed by atoms with E-state index in [0.717, 1.165) is 18.7 Å². The zero-order valence-corrected chi connectivity index (χ0v) is 19.9. The van der Waals surface area contributed by atoms with E-state index in [-0.39, 0.29) is 11.6 Å². The number of hydrogen-bond acceptors (Lipinski definition) is 5. The molecule has 2 N–H and O–H groups in total. The summed E-state index contributed by atoms with van der Waals surface area (Å²) in [5.74, 6) is -0.126. The van der Waals surface area contributed by atoms with Gasteiger partial charge in [-0.1, -0.05) is 32.4 Å². The number of nitrogens with zero attached hydrogens (tertiary/aromatic N) is 4. The van der Waals surface area contributed by atoms with Crippen molar-refractivity contribution in [3.05, 3.63) is 40.2 Å². The van der Waals surface area contributed by atoms with Gasteiger partial charge in [-0.25, -0.2) is 4.98 Å². The van der Waals surface area contributed by atoms with Crippen LogP contribution < -0.4 is 10.6 Å². The fraction of sp³-hybridized carbons (Fsp3) is 0.478. The number of benzene rings is 1. The number of nitriles is 1. The molecule has 3 rings (SSSR count). The number of halogens is 1. The summed E-state index contributed by atoms with van der Waals surface area (Å²) in [5.41, 5.74) is 1.61. The monoisotopic (exact) mass is 456 g/mol. The van der Waals surface area contributed by atoms with Crippen molar-refractivity contribution in [2.75, 3.05) is 20.6 Å². The van der Waals surface area contributed by atoms with Crippen LogP contribution >= 0.6 is 11.6 Å². The number of nitrogens with one attached hydrogen (secondary N) is 2. The first-order chi connectivity index (χ1) is 15.1. The second-order valence-corrected chi connectivity index (χ2v) is 9.57. The Morgan fingerprint density at radius 1 is 1.28 bits per heavy atom. The molecule has 1 atom stereocenters. The zero-order chi connectivity index (χ0) is 23.6. The van der Waals surface area contributed by atoms with Crippen molar-refractivity contribution in [3.8, 4) is 17.5 Å². The number of imidazole rings is 1. The lowest BCUT2D eigenvalue weighted by molar-refractivity contribution is -0.124. The van der Waals surface area contributed by atoms with E-state index < -0.39 is 17.4 Å². The van der Waals surface area contributed by atoms with Crippen LogP contribution in [0.4, 0.5) is 0 Å². The topological polar surface area (TPSA) is 103 Å². The Hall–Kier alpha value is -2.89. The standard InChI is InChI=1S/C23H29ClN6O2/c1-23(2,3)19(22(32)26-4)28-21(31)18-17-13-29(5)9-6-10-30(17)20(27-18)15-11-14(12-25)7-8-16(15)24/h7-8,11,19H,6,9-10,13H2,1-5H3,(H,26,32)(H,28,31). The minimum Gasteiger partial charge on any atom is -0.357 e. The van der Waals surface area contributed by atoms with Crippen LogP contribution in [0.1, 0.15) is 48.9 Å². The van der Waals surface area contributed by atoms with E-state index in [4.69, 9.17) is 16.6 Å². The predicted molar refractivity (Wildman–Crippen MR) is 123 cm³/mol. The summed E-state index contributed by atoms with van der Waals surface area (Å²) in [7, 11) is 3.54. The van der Waals surface area contributed by atoms with E-state index >= 15 is 0 Å².